The van der Waals surface area contributed by atoms with E-state index in [4.69, 9.17) is 17.3 Å². The summed E-state index contributed by atoms with van der Waals surface area (Å²) in [4.78, 5) is 15.8. The lowest BCUT2D eigenvalue weighted by Gasteiger charge is -2.22. The number of halogens is 1. The number of hydrogen-bond donors (Lipinski definition) is 2. The number of carbonyl (C=O) groups is 1. The predicted molar refractivity (Wildman–Crippen MR) is 71.5 cm³/mol. The van der Waals surface area contributed by atoms with Gasteiger partial charge in [-0.05, 0) is 24.7 Å². The topological polar surface area (TPSA) is 68.0 Å². The fraction of sp³-hybridized carbons (Fsp3) is 0.455. The molecule has 1 unspecified atom stereocenters. The number of carbonyl (C=O) groups excluding carboxylic acids is 1. The Labute approximate surface area is 109 Å². The normalized spacial score (nSPS) is 19.9. The summed E-state index contributed by atoms with van der Waals surface area (Å²) in [6.07, 6.45) is 3.57. The number of nitrogens with two attached hydrogens (primary N) is 1. The molecule has 1 saturated heterocycles. The molecule has 1 fully saturated rings. The molecule has 17 heavy (non-hydrogen) atoms. The van der Waals surface area contributed by atoms with Crippen molar-refractivity contribution in [2.75, 3.05) is 17.2 Å². The van der Waals surface area contributed by atoms with Gasteiger partial charge in [-0.1, -0.05) is 11.6 Å². The summed E-state index contributed by atoms with van der Waals surface area (Å²) in [7, 11) is 0. The SMILES string of the molecule is Nc1cc(C(=O)NC2CCCSC2)c(Cl)cn1. The van der Waals surface area contributed by atoms with Crippen LogP contribution in [0.2, 0.25) is 5.02 Å². The molecule has 0 radical (unpaired) electrons. The Bertz CT molecular complexity index is 421. The minimum atomic E-state index is -0.170. The monoisotopic (exact) mass is 271 g/mol. The van der Waals surface area contributed by atoms with E-state index in [2.05, 4.69) is 10.3 Å². The molecule has 0 spiro atoms. The highest BCUT2D eigenvalue weighted by molar-refractivity contribution is 7.99. The van der Waals surface area contributed by atoms with Crippen LogP contribution in [-0.4, -0.2) is 28.4 Å². The number of nitrogen functional groups attached to an aromatic ring is 1. The first-order valence-electron chi connectivity index (χ1n) is 5.46. The number of rotatable bonds is 2. The van der Waals surface area contributed by atoms with Gasteiger partial charge in [0.25, 0.3) is 5.91 Å². The number of aromatic nitrogens is 1. The van der Waals surface area contributed by atoms with Crippen LogP contribution < -0.4 is 11.1 Å². The third-order valence-corrected chi connectivity index (χ3v) is 4.13. The standard InChI is InChI=1S/C11H14ClN3OS/c12-9-5-14-10(13)4-8(9)11(16)15-7-2-1-3-17-6-7/h4-5,7H,1-3,6H2,(H2,13,14)(H,15,16). The van der Waals surface area contributed by atoms with Gasteiger partial charge in [0.2, 0.25) is 0 Å². The van der Waals surface area contributed by atoms with Gasteiger partial charge in [0.1, 0.15) is 5.82 Å². The second kappa shape index (κ2) is 5.60. The number of nitrogens with zero attached hydrogens (tertiary/aromatic N) is 1. The molecule has 4 nitrogen and oxygen atoms in total. The van der Waals surface area contributed by atoms with Gasteiger partial charge in [0.15, 0.2) is 0 Å². The summed E-state index contributed by atoms with van der Waals surface area (Å²) in [6.45, 7) is 0. The lowest BCUT2D eigenvalue weighted by atomic mass is 10.1. The number of thioether (sulfide) groups is 1. The molecule has 2 heterocycles. The van der Waals surface area contributed by atoms with Crippen molar-refractivity contribution in [3.8, 4) is 0 Å². The van der Waals surface area contributed by atoms with Gasteiger partial charge in [-0.25, -0.2) is 4.98 Å². The summed E-state index contributed by atoms with van der Waals surface area (Å²) in [5.74, 6) is 2.27. The molecule has 1 aromatic rings. The minimum absolute atomic E-state index is 0.170. The third-order valence-electron chi connectivity index (χ3n) is 2.62. The third kappa shape index (κ3) is 3.26. The van der Waals surface area contributed by atoms with Crippen LogP contribution >= 0.6 is 23.4 Å². The van der Waals surface area contributed by atoms with Gasteiger partial charge in [-0.2, -0.15) is 11.8 Å². The van der Waals surface area contributed by atoms with Crippen LogP contribution in [0.15, 0.2) is 12.3 Å². The minimum Gasteiger partial charge on any atom is -0.384 e. The fourth-order valence-electron chi connectivity index (χ4n) is 1.75. The Hall–Kier alpha value is -0.940. The molecule has 2 rings (SSSR count). The molecule has 1 aliphatic heterocycles. The number of anilines is 1. The number of hydrogen-bond acceptors (Lipinski definition) is 4. The van der Waals surface area contributed by atoms with Gasteiger partial charge in [-0.15, -0.1) is 0 Å². The van der Waals surface area contributed by atoms with E-state index in [0.29, 0.717) is 16.4 Å². The molecule has 0 aliphatic carbocycles. The Kier molecular flexibility index (Phi) is 4.12. The Balaban J connectivity index is 2.05. The van der Waals surface area contributed by atoms with Gasteiger partial charge in [0.05, 0.1) is 10.6 Å². The summed E-state index contributed by atoms with van der Waals surface area (Å²) in [6, 6.07) is 1.74. The zero-order valence-electron chi connectivity index (χ0n) is 9.28. The van der Waals surface area contributed by atoms with Gasteiger partial charge in [-0.3, -0.25) is 4.79 Å². The van der Waals surface area contributed by atoms with Crippen LogP contribution in [0.5, 0.6) is 0 Å². The van der Waals surface area contributed by atoms with E-state index < -0.39 is 0 Å². The van der Waals surface area contributed by atoms with Crippen LogP contribution in [-0.2, 0) is 0 Å². The van der Waals surface area contributed by atoms with Crippen molar-refractivity contribution in [1.29, 1.82) is 0 Å². The molecule has 0 saturated carbocycles. The maximum atomic E-state index is 12.0. The van der Waals surface area contributed by atoms with Crippen LogP contribution in [0.25, 0.3) is 0 Å². The van der Waals surface area contributed by atoms with Crippen molar-refractivity contribution in [3.63, 3.8) is 0 Å². The predicted octanol–water partition coefficient (Wildman–Crippen LogP) is 1.94. The van der Waals surface area contributed by atoms with Crippen molar-refractivity contribution < 1.29 is 4.79 Å². The molecule has 92 valence electrons. The molecular weight excluding hydrogens is 258 g/mol. The van der Waals surface area contributed by atoms with Crippen molar-refractivity contribution in [2.45, 2.75) is 18.9 Å². The molecule has 1 aromatic heterocycles. The highest BCUT2D eigenvalue weighted by Crippen LogP contribution is 2.20. The lowest BCUT2D eigenvalue weighted by molar-refractivity contribution is 0.0938. The molecule has 1 amide bonds. The summed E-state index contributed by atoms with van der Waals surface area (Å²) in [5, 5.41) is 3.31. The molecule has 1 aliphatic rings. The first-order chi connectivity index (χ1) is 8.16. The van der Waals surface area contributed by atoms with E-state index in [-0.39, 0.29) is 11.9 Å². The Morgan fingerprint density at radius 2 is 2.47 bits per heavy atom. The molecule has 0 aromatic carbocycles. The van der Waals surface area contributed by atoms with E-state index in [1.165, 1.54) is 18.0 Å². The average molecular weight is 272 g/mol. The van der Waals surface area contributed by atoms with Gasteiger partial charge < -0.3 is 11.1 Å². The van der Waals surface area contributed by atoms with Crippen LogP contribution in [0.1, 0.15) is 23.2 Å². The maximum Gasteiger partial charge on any atom is 0.253 e. The summed E-state index contributed by atoms with van der Waals surface area (Å²) >= 11 is 7.79. The van der Waals surface area contributed by atoms with E-state index in [1.54, 1.807) is 0 Å². The molecule has 3 N–H and O–H groups in total. The lowest BCUT2D eigenvalue weighted by Crippen LogP contribution is -2.38. The number of pyridine rings is 1. The molecular formula is C11H14ClN3OS. The maximum absolute atomic E-state index is 12.0. The quantitative estimate of drug-likeness (QED) is 0.863. The van der Waals surface area contributed by atoms with Crippen molar-refractivity contribution in [3.05, 3.63) is 22.8 Å². The van der Waals surface area contributed by atoms with Crippen molar-refractivity contribution >= 4 is 35.1 Å². The largest absolute Gasteiger partial charge is 0.384 e. The van der Waals surface area contributed by atoms with Crippen molar-refractivity contribution in [2.24, 2.45) is 0 Å². The van der Waals surface area contributed by atoms with E-state index >= 15 is 0 Å². The van der Waals surface area contributed by atoms with Crippen molar-refractivity contribution in [1.82, 2.24) is 10.3 Å². The fourth-order valence-corrected chi connectivity index (χ4v) is 3.01. The van der Waals surface area contributed by atoms with Gasteiger partial charge in [0, 0.05) is 18.0 Å². The smallest absolute Gasteiger partial charge is 0.253 e. The summed E-state index contributed by atoms with van der Waals surface area (Å²) in [5.41, 5.74) is 5.94. The number of amides is 1. The first kappa shape index (κ1) is 12.5. The van der Waals surface area contributed by atoms with Crippen LogP contribution in [0.4, 0.5) is 5.82 Å². The van der Waals surface area contributed by atoms with Crippen LogP contribution in [0, 0.1) is 0 Å². The first-order valence-corrected chi connectivity index (χ1v) is 6.99. The Morgan fingerprint density at radius 1 is 1.65 bits per heavy atom. The van der Waals surface area contributed by atoms with E-state index in [0.717, 1.165) is 18.6 Å². The van der Waals surface area contributed by atoms with Gasteiger partial charge >= 0.3 is 0 Å². The zero-order chi connectivity index (χ0) is 12.3. The van der Waals surface area contributed by atoms with Crippen LogP contribution in [0.3, 0.4) is 0 Å². The highest BCUT2D eigenvalue weighted by atomic mass is 35.5. The Morgan fingerprint density at radius 3 is 3.18 bits per heavy atom. The molecule has 6 heteroatoms. The molecule has 1 atom stereocenters. The second-order valence-electron chi connectivity index (χ2n) is 3.98. The molecule has 0 bridgehead atoms. The number of nitrogens with one attached hydrogen (secondary N) is 1. The summed E-state index contributed by atoms with van der Waals surface area (Å²) < 4.78 is 0. The van der Waals surface area contributed by atoms with E-state index in [1.807, 2.05) is 11.8 Å². The van der Waals surface area contributed by atoms with E-state index in [9.17, 15) is 4.79 Å². The second-order valence-corrected chi connectivity index (χ2v) is 5.53. The average Bonchev–Trinajstić information content (AvgIpc) is 2.33. The highest BCUT2D eigenvalue weighted by Gasteiger charge is 2.18. The zero-order valence-corrected chi connectivity index (χ0v) is 10.9.